The summed E-state index contributed by atoms with van der Waals surface area (Å²) in [7, 11) is 0. The monoisotopic (exact) mass is 568 g/mol. The SMILES string of the molecule is CCOc1cc(C=Nc2ccc([C@@H]3Nc4ccccc4[C@@H]4C=CC[C@H]43)cc2)cc(Cl)c1OCc1ccc(Cl)cc1. The summed E-state index contributed by atoms with van der Waals surface area (Å²) in [6.45, 7) is 2.78. The van der Waals surface area contributed by atoms with E-state index < -0.39 is 0 Å². The first kappa shape index (κ1) is 26.5. The van der Waals surface area contributed by atoms with Gasteiger partial charge in [-0.15, -0.1) is 0 Å². The van der Waals surface area contributed by atoms with Gasteiger partial charge in [-0.1, -0.05) is 77.8 Å². The van der Waals surface area contributed by atoms with Gasteiger partial charge in [-0.3, -0.25) is 4.99 Å². The van der Waals surface area contributed by atoms with Gasteiger partial charge in [0.1, 0.15) is 6.61 Å². The third-order valence-electron chi connectivity index (χ3n) is 7.52. The molecule has 202 valence electrons. The molecule has 2 aliphatic rings. The lowest BCUT2D eigenvalue weighted by Gasteiger charge is -2.37. The summed E-state index contributed by atoms with van der Waals surface area (Å²) < 4.78 is 11.9. The van der Waals surface area contributed by atoms with Gasteiger partial charge in [0.2, 0.25) is 0 Å². The highest BCUT2D eigenvalue weighted by molar-refractivity contribution is 6.32. The van der Waals surface area contributed by atoms with Crippen LogP contribution in [0.1, 0.15) is 47.6 Å². The van der Waals surface area contributed by atoms with Crippen molar-refractivity contribution in [2.24, 2.45) is 10.9 Å². The molecule has 0 saturated heterocycles. The van der Waals surface area contributed by atoms with Crippen LogP contribution in [0, 0.1) is 5.92 Å². The molecule has 0 amide bonds. The van der Waals surface area contributed by atoms with Crippen LogP contribution in [-0.2, 0) is 6.61 Å². The summed E-state index contributed by atoms with van der Waals surface area (Å²) >= 11 is 12.6. The molecule has 40 heavy (non-hydrogen) atoms. The number of ether oxygens (including phenoxy) is 2. The summed E-state index contributed by atoms with van der Waals surface area (Å²) in [6.07, 6.45) is 7.57. The molecule has 3 atom stereocenters. The Morgan fingerprint density at radius 2 is 1.75 bits per heavy atom. The molecule has 0 saturated carbocycles. The molecule has 6 rings (SSSR count). The zero-order valence-electron chi connectivity index (χ0n) is 22.2. The molecule has 0 radical (unpaired) electrons. The minimum absolute atomic E-state index is 0.265. The Morgan fingerprint density at radius 3 is 2.55 bits per heavy atom. The Kier molecular flexibility index (Phi) is 7.81. The molecule has 1 N–H and O–H groups in total. The lowest BCUT2D eigenvalue weighted by atomic mass is 9.77. The fraction of sp³-hybridized carbons (Fsp3) is 0.206. The van der Waals surface area contributed by atoms with Crippen molar-refractivity contribution in [2.45, 2.75) is 31.9 Å². The predicted molar refractivity (Wildman–Crippen MR) is 165 cm³/mol. The second-order valence-electron chi connectivity index (χ2n) is 10.1. The number of hydrogen-bond donors (Lipinski definition) is 1. The zero-order chi connectivity index (χ0) is 27.5. The van der Waals surface area contributed by atoms with E-state index in [0.717, 1.165) is 23.2 Å². The number of para-hydroxylation sites is 1. The van der Waals surface area contributed by atoms with E-state index in [1.165, 1.54) is 16.8 Å². The summed E-state index contributed by atoms with van der Waals surface area (Å²) in [5.74, 6) is 2.08. The van der Waals surface area contributed by atoms with E-state index >= 15 is 0 Å². The number of allylic oxidation sites excluding steroid dienone is 2. The lowest BCUT2D eigenvalue weighted by Crippen LogP contribution is -2.28. The molecule has 0 bridgehead atoms. The second kappa shape index (κ2) is 11.8. The first-order chi connectivity index (χ1) is 19.6. The number of rotatable bonds is 8. The fourth-order valence-corrected chi connectivity index (χ4v) is 5.99. The van der Waals surface area contributed by atoms with Crippen molar-refractivity contribution in [1.29, 1.82) is 0 Å². The van der Waals surface area contributed by atoms with Crippen molar-refractivity contribution in [2.75, 3.05) is 11.9 Å². The number of fused-ring (bicyclic) bond motifs is 3. The van der Waals surface area contributed by atoms with Gasteiger partial charge in [0, 0.05) is 22.8 Å². The van der Waals surface area contributed by atoms with Gasteiger partial charge in [-0.25, -0.2) is 0 Å². The van der Waals surface area contributed by atoms with Gasteiger partial charge in [0.05, 0.1) is 23.4 Å². The first-order valence-electron chi connectivity index (χ1n) is 13.6. The Hall–Kier alpha value is -3.73. The van der Waals surface area contributed by atoms with Crippen LogP contribution in [0.2, 0.25) is 10.0 Å². The van der Waals surface area contributed by atoms with Gasteiger partial charge in [0.15, 0.2) is 11.5 Å². The Balaban J connectivity index is 1.17. The van der Waals surface area contributed by atoms with Crippen molar-refractivity contribution in [3.05, 3.63) is 129 Å². The third-order valence-corrected chi connectivity index (χ3v) is 8.05. The molecule has 0 spiro atoms. The predicted octanol–water partition coefficient (Wildman–Crippen LogP) is 9.55. The molecule has 0 aromatic heterocycles. The van der Waals surface area contributed by atoms with Crippen molar-refractivity contribution in [3.8, 4) is 11.5 Å². The van der Waals surface area contributed by atoms with Gasteiger partial charge in [-0.05, 0) is 84.0 Å². The van der Waals surface area contributed by atoms with Crippen molar-refractivity contribution in [1.82, 2.24) is 0 Å². The standard InChI is InChI=1S/C34H30Cl2N2O2/c1-2-39-32-19-23(18-30(36)34(32)40-21-22-10-14-25(35)15-11-22)20-37-26-16-12-24(13-17-26)33-29-8-5-7-27(29)28-6-3-4-9-31(28)38-33/h3-7,9-20,27,29,33,38H,2,8,21H2,1H3/t27-,29+,33-/m0/s1. The second-order valence-corrected chi connectivity index (χ2v) is 10.9. The average molecular weight is 570 g/mol. The average Bonchev–Trinajstić information content (AvgIpc) is 3.47. The minimum atomic E-state index is 0.265. The van der Waals surface area contributed by atoms with E-state index in [9.17, 15) is 0 Å². The molecular formula is C34H30Cl2N2O2. The molecule has 4 aromatic carbocycles. The van der Waals surface area contributed by atoms with E-state index in [2.05, 4.69) is 66.0 Å². The van der Waals surface area contributed by atoms with Crippen molar-refractivity contribution < 1.29 is 9.47 Å². The highest BCUT2D eigenvalue weighted by atomic mass is 35.5. The van der Waals surface area contributed by atoms with Gasteiger partial charge < -0.3 is 14.8 Å². The summed E-state index contributed by atoms with van der Waals surface area (Å²) in [6, 6.07) is 28.7. The summed E-state index contributed by atoms with van der Waals surface area (Å²) in [5.41, 5.74) is 6.59. The first-order valence-corrected chi connectivity index (χ1v) is 14.3. The van der Waals surface area contributed by atoms with E-state index in [1.54, 1.807) is 6.21 Å². The van der Waals surface area contributed by atoms with Crippen LogP contribution in [0.25, 0.3) is 0 Å². The number of aliphatic imine (C=N–C) groups is 1. The summed E-state index contributed by atoms with van der Waals surface area (Å²) in [5, 5.41) is 4.95. The quantitative estimate of drug-likeness (QED) is 0.170. The number of halogens is 2. The minimum Gasteiger partial charge on any atom is -0.490 e. The number of hydrogen-bond acceptors (Lipinski definition) is 4. The number of nitrogens with zero attached hydrogens (tertiary/aromatic N) is 1. The van der Waals surface area contributed by atoms with E-state index in [4.69, 9.17) is 37.7 Å². The highest BCUT2D eigenvalue weighted by Crippen LogP contribution is 2.49. The molecular weight excluding hydrogens is 539 g/mol. The van der Waals surface area contributed by atoms with Gasteiger partial charge >= 0.3 is 0 Å². The highest BCUT2D eigenvalue weighted by Gasteiger charge is 2.37. The molecule has 1 aliphatic carbocycles. The molecule has 0 unspecified atom stereocenters. The van der Waals surface area contributed by atoms with Crippen LogP contribution in [0.4, 0.5) is 11.4 Å². The van der Waals surface area contributed by atoms with Crippen LogP contribution in [0.15, 0.2) is 102 Å². The van der Waals surface area contributed by atoms with Crippen LogP contribution < -0.4 is 14.8 Å². The number of benzene rings is 4. The molecule has 1 heterocycles. The van der Waals surface area contributed by atoms with Crippen LogP contribution in [0.5, 0.6) is 11.5 Å². The van der Waals surface area contributed by atoms with Crippen LogP contribution >= 0.6 is 23.2 Å². The van der Waals surface area contributed by atoms with Crippen molar-refractivity contribution >= 4 is 40.8 Å². The van der Waals surface area contributed by atoms with Gasteiger partial charge in [0.25, 0.3) is 0 Å². The Morgan fingerprint density at radius 1 is 0.950 bits per heavy atom. The maximum absolute atomic E-state index is 6.63. The van der Waals surface area contributed by atoms with Crippen molar-refractivity contribution in [3.63, 3.8) is 0 Å². The molecule has 4 nitrogen and oxygen atoms in total. The number of nitrogens with one attached hydrogen (secondary N) is 1. The van der Waals surface area contributed by atoms with E-state index in [0.29, 0.717) is 46.6 Å². The third kappa shape index (κ3) is 5.60. The lowest BCUT2D eigenvalue weighted by molar-refractivity contribution is 0.269. The smallest absolute Gasteiger partial charge is 0.180 e. The maximum atomic E-state index is 6.63. The largest absolute Gasteiger partial charge is 0.490 e. The molecule has 4 aromatic rings. The van der Waals surface area contributed by atoms with Crippen LogP contribution in [-0.4, -0.2) is 12.8 Å². The summed E-state index contributed by atoms with van der Waals surface area (Å²) in [4.78, 5) is 4.71. The maximum Gasteiger partial charge on any atom is 0.180 e. The van der Waals surface area contributed by atoms with Crippen LogP contribution in [0.3, 0.4) is 0 Å². The number of anilines is 1. The Labute approximate surface area is 245 Å². The van der Waals surface area contributed by atoms with E-state index in [-0.39, 0.29) is 6.04 Å². The topological polar surface area (TPSA) is 42.8 Å². The van der Waals surface area contributed by atoms with E-state index in [1.807, 2.05) is 43.3 Å². The fourth-order valence-electron chi connectivity index (χ4n) is 5.59. The zero-order valence-corrected chi connectivity index (χ0v) is 23.7. The van der Waals surface area contributed by atoms with Gasteiger partial charge in [-0.2, -0.15) is 0 Å². The Bertz CT molecular complexity index is 1550. The molecule has 6 heteroatoms. The molecule has 1 aliphatic heterocycles. The molecule has 0 fully saturated rings. The normalized spacial score (nSPS) is 19.2.